The van der Waals surface area contributed by atoms with Crippen molar-refractivity contribution in [1.29, 1.82) is 0 Å². The highest BCUT2D eigenvalue weighted by molar-refractivity contribution is 7.92. The van der Waals surface area contributed by atoms with E-state index < -0.39 is 10.0 Å². The molecule has 0 spiro atoms. The Morgan fingerprint density at radius 3 is 2.29 bits per heavy atom. The molecule has 0 heterocycles. The van der Waals surface area contributed by atoms with E-state index in [1.807, 2.05) is 12.1 Å². The minimum absolute atomic E-state index is 0.208. The summed E-state index contributed by atoms with van der Waals surface area (Å²) < 4.78 is 32.8. The second kappa shape index (κ2) is 6.60. The van der Waals surface area contributed by atoms with E-state index in [4.69, 9.17) is 4.74 Å². The Kier molecular flexibility index (Phi) is 4.82. The van der Waals surface area contributed by atoms with Crippen LogP contribution in [0.2, 0.25) is 0 Å². The number of rotatable bonds is 6. The summed E-state index contributed by atoms with van der Waals surface area (Å²) >= 11 is 0. The van der Waals surface area contributed by atoms with E-state index >= 15 is 0 Å². The van der Waals surface area contributed by atoms with Crippen molar-refractivity contribution in [3.8, 4) is 0 Å². The molecular weight excluding hydrogens is 288 g/mol. The van der Waals surface area contributed by atoms with Crippen LogP contribution in [0.5, 0.6) is 0 Å². The first-order valence-electron chi connectivity index (χ1n) is 6.45. The van der Waals surface area contributed by atoms with Gasteiger partial charge >= 0.3 is 0 Å². The van der Waals surface area contributed by atoms with Crippen LogP contribution >= 0.6 is 0 Å². The molecule has 0 aromatic heterocycles. The number of para-hydroxylation sites is 2. The number of hydrogen-bond acceptors (Lipinski definition) is 4. The van der Waals surface area contributed by atoms with Crippen LogP contribution in [0.3, 0.4) is 0 Å². The molecule has 5 nitrogen and oxygen atoms in total. The molecule has 21 heavy (non-hydrogen) atoms. The SMILES string of the molecule is CNc1ccccc1S(=O)(=O)Nc1ccccc1COC. The fourth-order valence-corrected chi connectivity index (χ4v) is 3.32. The quantitative estimate of drug-likeness (QED) is 0.861. The van der Waals surface area contributed by atoms with E-state index in [-0.39, 0.29) is 4.90 Å². The molecule has 0 unspecified atom stereocenters. The lowest BCUT2D eigenvalue weighted by molar-refractivity contribution is 0.185. The first kappa shape index (κ1) is 15.3. The zero-order chi connectivity index (χ0) is 15.3. The van der Waals surface area contributed by atoms with Crippen molar-refractivity contribution in [2.24, 2.45) is 0 Å². The average Bonchev–Trinajstić information content (AvgIpc) is 2.49. The molecule has 2 N–H and O–H groups in total. The average molecular weight is 306 g/mol. The summed E-state index contributed by atoms with van der Waals surface area (Å²) in [6.07, 6.45) is 0. The van der Waals surface area contributed by atoms with Crippen LogP contribution in [0.4, 0.5) is 11.4 Å². The smallest absolute Gasteiger partial charge is 0.263 e. The molecule has 0 saturated heterocycles. The first-order chi connectivity index (χ1) is 10.1. The summed E-state index contributed by atoms with van der Waals surface area (Å²) in [4.78, 5) is 0.208. The highest BCUT2D eigenvalue weighted by Crippen LogP contribution is 2.25. The summed E-state index contributed by atoms with van der Waals surface area (Å²) in [5.74, 6) is 0. The van der Waals surface area contributed by atoms with E-state index in [0.29, 0.717) is 18.0 Å². The van der Waals surface area contributed by atoms with Crippen LogP contribution in [0, 0.1) is 0 Å². The minimum atomic E-state index is -3.66. The Balaban J connectivity index is 2.38. The van der Waals surface area contributed by atoms with Gasteiger partial charge in [0, 0.05) is 19.7 Å². The van der Waals surface area contributed by atoms with Gasteiger partial charge in [-0.2, -0.15) is 0 Å². The third kappa shape index (κ3) is 3.53. The third-order valence-corrected chi connectivity index (χ3v) is 4.43. The van der Waals surface area contributed by atoms with Crippen LogP contribution < -0.4 is 10.0 Å². The second-order valence-corrected chi connectivity index (χ2v) is 6.09. The topological polar surface area (TPSA) is 67.4 Å². The minimum Gasteiger partial charge on any atom is -0.387 e. The van der Waals surface area contributed by atoms with Gasteiger partial charge in [-0.05, 0) is 18.2 Å². The highest BCUT2D eigenvalue weighted by atomic mass is 32.2. The van der Waals surface area contributed by atoms with E-state index in [2.05, 4.69) is 10.0 Å². The first-order valence-corrected chi connectivity index (χ1v) is 7.93. The van der Waals surface area contributed by atoms with Gasteiger partial charge < -0.3 is 10.1 Å². The van der Waals surface area contributed by atoms with Crippen LogP contribution in [0.1, 0.15) is 5.56 Å². The lowest BCUT2D eigenvalue weighted by Crippen LogP contribution is -2.16. The van der Waals surface area contributed by atoms with Crippen LogP contribution in [0.25, 0.3) is 0 Å². The molecule has 0 radical (unpaired) electrons. The van der Waals surface area contributed by atoms with Crippen LogP contribution in [0.15, 0.2) is 53.4 Å². The number of ether oxygens (including phenoxy) is 1. The molecule has 0 aliphatic carbocycles. The van der Waals surface area contributed by atoms with Gasteiger partial charge in [0.1, 0.15) is 4.90 Å². The van der Waals surface area contributed by atoms with Crippen molar-refractivity contribution in [2.75, 3.05) is 24.2 Å². The van der Waals surface area contributed by atoms with Gasteiger partial charge in [0.15, 0.2) is 0 Å². The lowest BCUT2D eigenvalue weighted by Gasteiger charge is -2.14. The predicted molar refractivity (Wildman–Crippen MR) is 84.0 cm³/mol. The molecule has 0 aliphatic rings. The highest BCUT2D eigenvalue weighted by Gasteiger charge is 2.18. The molecular formula is C15H18N2O3S. The van der Waals surface area contributed by atoms with Crippen LogP contribution in [-0.2, 0) is 21.4 Å². The van der Waals surface area contributed by atoms with Gasteiger partial charge in [-0.15, -0.1) is 0 Å². The molecule has 0 fully saturated rings. The summed E-state index contributed by atoms with van der Waals surface area (Å²) in [5.41, 5.74) is 1.85. The van der Waals surface area contributed by atoms with Crippen molar-refractivity contribution < 1.29 is 13.2 Å². The fraction of sp³-hybridized carbons (Fsp3) is 0.200. The molecule has 2 aromatic carbocycles. The molecule has 0 saturated carbocycles. The van der Waals surface area contributed by atoms with Gasteiger partial charge in [0.2, 0.25) is 0 Å². The monoisotopic (exact) mass is 306 g/mol. The molecule has 2 aromatic rings. The summed E-state index contributed by atoms with van der Waals surface area (Å²) in [6, 6.07) is 13.9. The standard InChI is InChI=1S/C15H18N2O3S/c1-16-14-9-5-6-10-15(14)21(18,19)17-13-8-4-3-7-12(13)11-20-2/h3-10,16-17H,11H2,1-2H3. The van der Waals surface area contributed by atoms with Gasteiger partial charge in [-0.1, -0.05) is 30.3 Å². The number of methoxy groups -OCH3 is 1. The summed E-state index contributed by atoms with van der Waals surface area (Å²) in [6.45, 7) is 0.340. The zero-order valence-corrected chi connectivity index (χ0v) is 12.8. The normalized spacial score (nSPS) is 11.1. The zero-order valence-electron chi connectivity index (χ0n) is 12.0. The lowest BCUT2D eigenvalue weighted by atomic mass is 10.2. The number of hydrogen-bond donors (Lipinski definition) is 2. The number of benzene rings is 2. The fourth-order valence-electron chi connectivity index (χ4n) is 2.01. The van der Waals surface area contributed by atoms with Crippen molar-refractivity contribution in [1.82, 2.24) is 0 Å². The number of nitrogens with one attached hydrogen (secondary N) is 2. The molecule has 0 aliphatic heterocycles. The van der Waals surface area contributed by atoms with E-state index in [1.54, 1.807) is 50.6 Å². The number of sulfonamides is 1. The van der Waals surface area contributed by atoms with Crippen molar-refractivity contribution in [3.63, 3.8) is 0 Å². The Morgan fingerprint density at radius 2 is 1.62 bits per heavy atom. The van der Waals surface area contributed by atoms with Gasteiger partial charge in [-0.25, -0.2) is 8.42 Å². The van der Waals surface area contributed by atoms with E-state index in [1.165, 1.54) is 0 Å². The Morgan fingerprint density at radius 1 is 1.00 bits per heavy atom. The summed E-state index contributed by atoms with van der Waals surface area (Å²) in [7, 11) is -0.406. The Labute approximate surface area is 125 Å². The van der Waals surface area contributed by atoms with Crippen molar-refractivity contribution in [3.05, 3.63) is 54.1 Å². The Hall–Kier alpha value is -2.05. The van der Waals surface area contributed by atoms with E-state index in [9.17, 15) is 8.42 Å². The summed E-state index contributed by atoms with van der Waals surface area (Å²) in [5, 5.41) is 2.88. The van der Waals surface area contributed by atoms with E-state index in [0.717, 1.165) is 5.56 Å². The maximum atomic E-state index is 12.5. The van der Waals surface area contributed by atoms with Gasteiger partial charge in [0.05, 0.1) is 18.0 Å². The molecule has 0 atom stereocenters. The predicted octanol–water partition coefficient (Wildman–Crippen LogP) is 2.68. The molecule has 6 heteroatoms. The van der Waals surface area contributed by atoms with Gasteiger partial charge in [-0.3, -0.25) is 4.72 Å². The third-order valence-electron chi connectivity index (χ3n) is 3.01. The molecule has 2 rings (SSSR count). The van der Waals surface area contributed by atoms with Crippen molar-refractivity contribution in [2.45, 2.75) is 11.5 Å². The van der Waals surface area contributed by atoms with Gasteiger partial charge in [0.25, 0.3) is 10.0 Å². The molecule has 0 bridgehead atoms. The molecule has 112 valence electrons. The van der Waals surface area contributed by atoms with Crippen molar-refractivity contribution >= 4 is 21.4 Å². The maximum absolute atomic E-state index is 12.5. The van der Waals surface area contributed by atoms with Crippen LogP contribution in [-0.4, -0.2) is 22.6 Å². The second-order valence-electron chi connectivity index (χ2n) is 4.44. The Bertz CT molecular complexity index is 714. The molecule has 0 amide bonds. The largest absolute Gasteiger partial charge is 0.387 e. The maximum Gasteiger partial charge on any atom is 0.263 e. The number of anilines is 2.